The zero-order valence-electron chi connectivity index (χ0n) is 10.5. The molecule has 0 radical (unpaired) electrons. The molecule has 1 aromatic carbocycles. The molecule has 0 unspecified atom stereocenters. The van der Waals surface area contributed by atoms with Gasteiger partial charge in [0.1, 0.15) is 12.4 Å². The summed E-state index contributed by atoms with van der Waals surface area (Å²) in [4.78, 5) is 0. The fraction of sp³-hybridized carbons (Fsp3) is 0.286. The van der Waals surface area contributed by atoms with Gasteiger partial charge in [-0.05, 0) is 44.2 Å². The number of hydrogen-bond acceptors (Lipinski definition) is 3. The lowest BCUT2D eigenvalue weighted by Gasteiger charge is -2.05. The van der Waals surface area contributed by atoms with E-state index in [4.69, 9.17) is 10.00 Å². The Labute approximate surface area is 106 Å². The molecule has 2 aromatic rings. The summed E-state index contributed by atoms with van der Waals surface area (Å²) in [6.07, 6.45) is 1.95. The van der Waals surface area contributed by atoms with Crippen molar-refractivity contribution in [1.82, 2.24) is 9.78 Å². The van der Waals surface area contributed by atoms with Gasteiger partial charge in [-0.2, -0.15) is 10.4 Å². The van der Waals surface area contributed by atoms with E-state index in [0.717, 1.165) is 11.4 Å². The number of benzene rings is 1. The maximum Gasteiger partial charge on any atom is 0.132 e. The standard InChI is InChI=1S/C14H15N3O/c1-11(2)17-8-7-13(16-17)10-18-14-5-3-12(9-15)4-6-14/h3-8,11H,10H2,1-2H3. The Morgan fingerprint density at radius 1 is 1.28 bits per heavy atom. The Morgan fingerprint density at radius 2 is 2.00 bits per heavy atom. The van der Waals surface area contributed by atoms with Crippen molar-refractivity contribution in [2.24, 2.45) is 0 Å². The molecule has 4 heteroatoms. The predicted octanol–water partition coefficient (Wildman–Crippen LogP) is 2.91. The number of ether oxygens (including phenoxy) is 1. The zero-order chi connectivity index (χ0) is 13.0. The van der Waals surface area contributed by atoms with Gasteiger partial charge in [-0.1, -0.05) is 0 Å². The molecule has 0 aliphatic carbocycles. The molecule has 0 saturated carbocycles. The molecule has 1 aromatic heterocycles. The summed E-state index contributed by atoms with van der Waals surface area (Å²) in [6, 6.07) is 11.4. The van der Waals surface area contributed by atoms with Crippen LogP contribution < -0.4 is 4.74 Å². The summed E-state index contributed by atoms with van der Waals surface area (Å²) in [5.41, 5.74) is 1.53. The average Bonchev–Trinajstić information content (AvgIpc) is 2.86. The lowest BCUT2D eigenvalue weighted by Crippen LogP contribution is -2.03. The molecule has 2 rings (SSSR count). The van der Waals surface area contributed by atoms with Crippen LogP contribution in [-0.2, 0) is 6.61 Å². The van der Waals surface area contributed by atoms with Crippen molar-refractivity contribution in [2.75, 3.05) is 0 Å². The van der Waals surface area contributed by atoms with Gasteiger partial charge in [-0.3, -0.25) is 4.68 Å². The van der Waals surface area contributed by atoms with E-state index in [-0.39, 0.29) is 0 Å². The minimum Gasteiger partial charge on any atom is -0.487 e. The third-order valence-electron chi connectivity index (χ3n) is 2.56. The van der Waals surface area contributed by atoms with Crippen LogP contribution in [0.4, 0.5) is 0 Å². The second kappa shape index (κ2) is 5.37. The molecule has 0 N–H and O–H groups in total. The fourth-order valence-electron chi connectivity index (χ4n) is 1.52. The predicted molar refractivity (Wildman–Crippen MR) is 68.1 cm³/mol. The van der Waals surface area contributed by atoms with Crippen molar-refractivity contribution >= 4 is 0 Å². The van der Waals surface area contributed by atoms with E-state index in [1.807, 2.05) is 16.9 Å². The van der Waals surface area contributed by atoms with Gasteiger partial charge in [0, 0.05) is 12.2 Å². The normalized spacial score (nSPS) is 10.3. The van der Waals surface area contributed by atoms with E-state index < -0.39 is 0 Å². The van der Waals surface area contributed by atoms with Crippen molar-refractivity contribution in [3.63, 3.8) is 0 Å². The lowest BCUT2D eigenvalue weighted by molar-refractivity contribution is 0.298. The molecule has 0 amide bonds. The van der Waals surface area contributed by atoms with E-state index in [9.17, 15) is 0 Å². The first kappa shape index (κ1) is 12.2. The van der Waals surface area contributed by atoms with E-state index in [1.165, 1.54) is 0 Å². The number of nitrogens with zero attached hydrogens (tertiary/aromatic N) is 3. The Hall–Kier alpha value is -2.28. The van der Waals surface area contributed by atoms with Gasteiger partial charge >= 0.3 is 0 Å². The molecule has 0 atom stereocenters. The molecule has 0 bridgehead atoms. The van der Waals surface area contributed by atoms with Crippen molar-refractivity contribution in [2.45, 2.75) is 26.5 Å². The number of aromatic nitrogens is 2. The van der Waals surface area contributed by atoms with Crippen molar-refractivity contribution in [3.8, 4) is 11.8 Å². The first-order valence-corrected chi connectivity index (χ1v) is 5.86. The first-order valence-electron chi connectivity index (χ1n) is 5.86. The van der Waals surface area contributed by atoms with Crippen LogP contribution in [0.5, 0.6) is 5.75 Å². The van der Waals surface area contributed by atoms with Crippen LogP contribution in [0.2, 0.25) is 0 Å². The SMILES string of the molecule is CC(C)n1ccc(COc2ccc(C#N)cc2)n1. The van der Waals surface area contributed by atoms with Gasteiger partial charge in [-0.25, -0.2) is 0 Å². The number of nitriles is 1. The highest BCUT2D eigenvalue weighted by molar-refractivity contribution is 5.34. The third kappa shape index (κ3) is 2.89. The molecule has 1 heterocycles. The smallest absolute Gasteiger partial charge is 0.132 e. The van der Waals surface area contributed by atoms with Gasteiger partial charge in [0.15, 0.2) is 0 Å². The summed E-state index contributed by atoms with van der Waals surface area (Å²) in [5, 5.41) is 13.1. The molecule has 4 nitrogen and oxygen atoms in total. The highest BCUT2D eigenvalue weighted by Gasteiger charge is 2.02. The Kier molecular flexibility index (Phi) is 3.63. The van der Waals surface area contributed by atoms with Crippen LogP contribution in [-0.4, -0.2) is 9.78 Å². The second-order valence-corrected chi connectivity index (χ2v) is 4.31. The van der Waals surface area contributed by atoms with Crippen molar-refractivity contribution in [1.29, 1.82) is 5.26 Å². The second-order valence-electron chi connectivity index (χ2n) is 4.31. The largest absolute Gasteiger partial charge is 0.487 e. The molecule has 0 saturated heterocycles. The Bertz CT molecular complexity index is 549. The van der Waals surface area contributed by atoms with Crippen LogP contribution in [0, 0.1) is 11.3 Å². The average molecular weight is 241 g/mol. The topological polar surface area (TPSA) is 50.8 Å². The maximum atomic E-state index is 8.69. The van der Waals surface area contributed by atoms with Gasteiger partial charge in [0.2, 0.25) is 0 Å². The first-order chi connectivity index (χ1) is 8.69. The molecular weight excluding hydrogens is 226 g/mol. The Morgan fingerprint density at radius 3 is 2.56 bits per heavy atom. The monoisotopic (exact) mass is 241 g/mol. The lowest BCUT2D eigenvalue weighted by atomic mass is 10.2. The van der Waals surface area contributed by atoms with Gasteiger partial charge in [0.25, 0.3) is 0 Å². The molecular formula is C14H15N3O. The molecule has 0 aliphatic heterocycles. The highest BCUT2D eigenvalue weighted by Crippen LogP contribution is 2.13. The summed E-state index contributed by atoms with van der Waals surface area (Å²) in [5.74, 6) is 0.744. The maximum absolute atomic E-state index is 8.69. The summed E-state index contributed by atoms with van der Waals surface area (Å²) < 4.78 is 7.50. The van der Waals surface area contributed by atoms with Gasteiger partial charge in [-0.15, -0.1) is 0 Å². The van der Waals surface area contributed by atoms with E-state index >= 15 is 0 Å². The quantitative estimate of drug-likeness (QED) is 0.827. The zero-order valence-corrected chi connectivity index (χ0v) is 10.5. The Balaban J connectivity index is 1.96. The van der Waals surface area contributed by atoms with E-state index in [1.54, 1.807) is 24.3 Å². The van der Waals surface area contributed by atoms with E-state index in [2.05, 4.69) is 25.0 Å². The number of rotatable bonds is 4. The van der Waals surface area contributed by atoms with Gasteiger partial charge in [0.05, 0.1) is 17.3 Å². The fourth-order valence-corrected chi connectivity index (χ4v) is 1.52. The summed E-state index contributed by atoms with van der Waals surface area (Å²) >= 11 is 0. The van der Waals surface area contributed by atoms with Crippen molar-refractivity contribution < 1.29 is 4.74 Å². The number of hydrogen-bond donors (Lipinski definition) is 0. The molecule has 0 spiro atoms. The molecule has 0 aliphatic rings. The van der Waals surface area contributed by atoms with Gasteiger partial charge < -0.3 is 4.74 Å². The minimum atomic E-state index is 0.355. The summed E-state index contributed by atoms with van der Waals surface area (Å²) in [6.45, 7) is 4.60. The third-order valence-corrected chi connectivity index (χ3v) is 2.56. The minimum absolute atomic E-state index is 0.355. The van der Waals surface area contributed by atoms with Crippen LogP contribution in [0.25, 0.3) is 0 Å². The highest BCUT2D eigenvalue weighted by atomic mass is 16.5. The van der Waals surface area contributed by atoms with Crippen LogP contribution in [0.3, 0.4) is 0 Å². The van der Waals surface area contributed by atoms with Crippen LogP contribution in [0.15, 0.2) is 36.5 Å². The van der Waals surface area contributed by atoms with Crippen LogP contribution >= 0.6 is 0 Å². The summed E-state index contributed by atoms with van der Waals surface area (Å²) in [7, 11) is 0. The van der Waals surface area contributed by atoms with Crippen LogP contribution in [0.1, 0.15) is 31.1 Å². The molecule has 0 fully saturated rings. The molecule has 92 valence electrons. The molecule has 18 heavy (non-hydrogen) atoms. The van der Waals surface area contributed by atoms with E-state index in [0.29, 0.717) is 18.2 Å². The van der Waals surface area contributed by atoms with Crippen molar-refractivity contribution in [3.05, 3.63) is 47.8 Å².